The molecule has 0 aliphatic carbocycles. The molecule has 0 saturated heterocycles. The number of carbonyl (C=O) groups excluding carboxylic acids is 1. The lowest BCUT2D eigenvalue weighted by atomic mass is 10.2. The summed E-state index contributed by atoms with van der Waals surface area (Å²) in [7, 11) is 0. The molecule has 0 atom stereocenters. The lowest BCUT2D eigenvalue weighted by molar-refractivity contribution is -0.385. The molecule has 0 aromatic heterocycles. The molecule has 0 spiro atoms. The number of carbonyl (C=O) groups is 1. The van der Waals surface area contributed by atoms with Crippen LogP contribution in [0.5, 0.6) is 5.75 Å². The average Bonchev–Trinajstić information content (AvgIpc) is 2.55. The number of ether oxygens (including phenoxy) is 1. The number of nitrogens with one attached hydrogen (secondary N) is 1. The Morgan fingerprint density at radius 1 is 1.21 bits per heavy atom. The molecule has 0 fully saturated rings. The standard InChI is InChI=1S/C15H11Br2N3O4/c16-11-3-1-10(2-4-11)8-18-19-15(21)9-24-14-6-5-12(17)7-13(14)20(22)23/h1-8H,9H2,(H,19,21). The second-order valence-electron chi connectivity index (χ2n) is 4.50. The van der Waals surface area contributed by atoms with Gasteiger partial charge in [0.25, 0.3) is 5.91 Å². The number of amides is 1. The minimum Gasteiger partial charge on any atom is -0.477 e. The van der Waals surface area contributed by atoms with Gasteiger partial charge in [0.15, 0.2) is 12.4 Å². The first-order valence-electron chi connectivity index (χ1n) is 6.60. The highest BCUT2D eigenvalue weighted by molar-refractivity contribution is 9.10. The maximum atomic E-state index is 11.7. The third-order valence-corrected chi connectivity index (χ3v) is 3.77. The van der Waals surface area contributed by atoms with Crippen molar-refractivity contribution in [3.05, 3.63) is 67.1 Å². The highest BCUT2D eigenvalue weighted by atomic mass is 79.9. The first kappa shape index (κ1) is 18.1. The van der Waals surface area contributed by atoms with Crippen molar-refractivity contribution in [2.24, 2.45) is 5.10 Å². The molecule has 1 N–H and O–H groups in total. The van der Waals surface area contributed by atoms with E-state index >= 15 is 0 Å². The number of benzene rings is 2. The van der Waals surface area contributed by atoms with Gasteiger partial charge in [-0.15, -0.1) is 0 Å². The van der Waals surface area contributed by atoms with Gasteiger partial charge in [-0.3, -0.25) is 14.9 Å². The molecule has 0 bridgehead atoms. The predicted molar refractivity (Wildman–Crippen MR) is 96.2 cm³/mol. The number of hydrogen-bond acceptors (Lipinski definition) is 5. The van der Waals surface area contributed by atoms with Crippen LogP contribution >= 0.6 is 31.9 Å². The molecule has 0 radical (unpaired) electrons. The molecule has 2 aromatic rings. The van der Waals surface area contributed by atoms with Crippen LogP contribution in [0, 0.1) is 10.1 Å². The summed E-state index contributed by atoms with van der Waals surface area (Å²) in [6.07, 6.45) is 1.48. The minimum absolute atomic E-state index is 0.00948. The van der Waals surface area contributed by atoms with Crippen LogP contribution in [0.3, 0.4) is 0 Å². The van der Waals surface area contributed by atoms with Crippen LogP contribution in [-0.2, 0) is 4.79 Å². The van der Waals surface area contributed by atoms with Crippen molar-refractivity contribution in [2.45, 2.75) is 0 Å². The van der Waals surface area contributed by atoms with E-state index in [0.717, 1.165) is 10.0 Å². The number of hydrazone groups is 1. The molecule has 7 nitrogen and oxygen atoms in total. The molecule has 0 aliphatic rings. The topological polar surface area (TPSA) is 93.8 Å². The Morgan fingerprint density at radius 2 is 1.88 bits per heavy atom. The molecular formula is C15H11Br2N3O4. The van der Waals surface area contributed by atoms with Crippen molar-refractivity contribution < 1.29 is 14.5 Å². The van der Waals surface area contributed by atoms with Crippen LogP contribution in [-0.4, -0.2) is 23.7 Å². The van der Waals surface area contributed by atoms with E-state index in [2.05, 4.69) is 42.4 Å². The highest BCUT2D eigenvalue weighted by Gasteiger charge is 2.16. The van der Waals surface area contributed by atoms with Crippen LogP contribution in [0.2, 0.25) is 0 Å². The summed E-state index contributed by atoms with van der Waals surface area (Å²) in [6, 6.07) is 11.6. The van der Waals surface area contributed by atoms with E-state index < -0.39 is 10.8 Å². The van der Waals surface area contributed by atoms with Crippen molar-refractivity contribution in [2.75, 3.05) is 6.61 Å². The van der Waals surface area contributed by atoms with Crippen LogP contribution in [0.25, 0.3) is 0 Å². The number of nitro benzene ring substituents is 1. The van der Waals surface area contributed by atoms with E-state index in [1.165, 1.54) is 18.3 Å². The van der Waals surface area contributed by atoms with E-state index in [4.69, 9.17) is 4.74 Å². The molecule has 124 valence electrons. The largest absolute Gasteiger partial charge is 0.477 e. The van der Waals surface area contributed by atoms with Gasteiger partial charge in [0.1, 0.15) is 0 Å². The SMILES string of the molecule is O=C(COc1ccc(Br)cc1[N+](=O)[O-])NN=Cc1ccc(Br)cc1. The van der Waals surface area contributed by atoms with E-state index in [1.54, 1.807) is 6.07 Å². The highest BCUT2D eigenvalue weighted by Crippen LogP contribution is 2.29. The molecule has 0 heterocycles. The van der Waals surface area contributed by atoms with Gasteiger partial charge in [-0.05, 0) is 29.8 Å². The normalized spacial score (nSPS) is 10.6. The maximum absolute atomic E-state index is 11.7. The lowest BCUT2D eigenvalue weighted by Gasteiger charge is -2.06. The third kappa shape index (κ3) is 5.43. The van der Waals surface area contributed by atoms with Crippen molar-refractivity contribution in [1.82, 2.24) is 5.43 Å². The van der Waals surface area contributed by atoms with Gasteiger partial charge >= 0.3 is 5.69 Å². The van der Waals surface area contributed by atoms with Gasteiger partial charge in [0.05, 0.1) is 11.1 Å². The molecule has 2 aromatic carbocycles. The van der Waals surface area contributed by atoms with Gasteiger partial charge in [0.2, 0.25) is 0 Å². The van der Waals surface area contributed by atoms with Crippen molar-refractivity contribution >= 4 is 49.7 Å². The van der Waals surface area contributed by atoms with Crippen molar-refractivity contribution in [3.63, 3.8) is 0 Å². The van der Waals surface area contributed by atoms with Crippen molar-refractivity contribution in [3.8, 4) is 5.75 Å². The molecule has 0 unspecified atom stereocenters. The fourth-order valence-corrected chi connectivity index (χ4v) is 2.27. The second-order valence-corrected chi connectivity index (χ2v) is 6.33. The van der Waals surface area contributed by atoms with E-state index in [1.807, 2.05) is 24.3 Å². The van der Waals surface area contributed by atoms with Crippen molar-refractivity contribution in [1.29, 1.82) is 0 Å². The quantitative estimate of drug-likeness (QED) is 0.407. The monoisotopic (exact) mass is 455 g/mol. The lowest BCUT2D eigenvalue weighted by Crippen LogP contribution is -2.24. The Balaban J connectivity index is 1.89. The van der Waals surface area contributed by atoms with Gasteiger partial charge < -0.3 is 4.74 Å². The van der Waals surface area contributed by atoms with Gasteiger partial charge in [-0.2, -0.15) is 5.10 Å². The van der Waals surface area contributed by atoms with Gasteiger partial charge in [-0.1, -0.05) is 44.0 Å². The number of halogens is 2. The molecule has 0 saturated carbocycles. The zero-order valence-corrected chi connectivity index (χ0v) is 15.3. The summed E-state index contributed by atoms with van der Waals surface area (Å²) in [5, 5.41) is 14.7. The van der Waals surface area contributed by atoms with E-state index in [-0.39, 0.29) is 18.0 Å². The summed E-state index contributed by atoms with van der Waals surface area (Å²) in [6.45, 7) is -0.389. The smallest absolute Gasteiger partial charge is 0.312 e. The van der Waals surface area contributed by atoms with Crippen LogP contribution < -0.4 is 10.2 Å². The number of nitro groups is 1. The van der Waals surface area contributed by atoms with Gasteiger partial charge in [-0.25, -0.2) is 5.43 Å². The van der Waals surface area contributed by atoms with Crippen LogP contribution in [0.4, 0.5) is 5.69 Å². The molecular weight excluding hydrogens is 446 g/mol. The molecule has 24 heavy (non-hydrogen) atoms. The zero-order chi connectivity index (χ0) is 17.5. The predicted octanol–water partition coefficient (Wildman–Crippen LogP) is 3.65. The van der Waals surface area contributed by atoms with Crippen LogP contribution in [0.1, 0.15) is 5.56 Å². The number of rotatable bonds is 6. The summed E-state index contributed by atoms with van der Waals surface area (Å²) >= 11 is 6.46. The number of hydrogen-bond donors (Lipinski definition) is 1. The fourth-order valence-electron chi connectivity index (χ4n) is 1.66. The second kappa shape index (κ2) is 8.55. The average molecular weight is 457 g/mol. The summed E-state index contributed by atoms with van der Waals surface area (Å²) in [4.78, 5) is 22.0. The maximum Gasteiger partial charge on any atom is 0.312 e. The fraction of sp³-hybridized carbons (Fsp3) is 0.0667. The summed E-state index contributed by atoms with van der Waals surface area (Å²) in [5.74, 6) is -0.518. The first-order chi connectivity index (χ1) is 11.5. The van der Waals surface area contributed by atoms with E-state index in [9.17, 15) is 14.9 Å². The van der Waals surface area contributed by atoms with E-state index in [0.29, 0.717) is 4.47 Å². The third-order valence-electron chi connectivity index (χ3n) is 2.75. The Hall–Kier alpha value is -2.26. The Kier molecular flexibility index (Phi) is 6.44. The first-order valence-corrected chi connectivity index (χ1v) is 8.18. The Bertz CT molecular complexity index is 779. The molecule has 0 aliphatic heterocycles. The van der Waals surface area contributed by atoms with Crippen LogP contribution in [0.15, 0.2) is 56.5 Å². The minimum atomic E-state index is -0.580. The summed E-state index contributed by atoms with van der Waals surface area (Å²) < 4.78 is 6.66. The Morgan fingerprint density at radius 3 is 2.54 bits per heavy atom. The number of nitrogens with zero attached hydrogens (tertiary/aromatic N) is 2. The zero-order valence-electron chi connectivity index (χ0n) is 12.1. The molecule has 9 heteroatoms. The summed E-state index contributed by atoms with van der Waals surface area (Å²) in [5.41, 5.74) is 2.87. The van der Waals surface area contributed by atoms with Gasteiger partial charge in [0, 0.05) is 15.0 Å². The Labute approximate surface area is 154 Å². The molecule has 1 amide bonds. The molecule has 2 rings (SSSR count).